The van der Waals surface area contributed by atoms with Gasteiger partial charge in [-0.15, -0.1) is 0 Å². The Balaban J connectivity index is 1.81. The highest BCUT2D eigenvalue weighted by molar-refractivity contribution is 7.80. The Morgan fingerprint density at radius 3 is 2.50 bits per heavy atom. The molecule has 154 valence electrons. The molecule has 1 aromatic carbocycles. The maximum Gasteiger partial charge on any atom is 0.397 e. The molecule has 0 amide bonds. The molecule has 0 saturated carbocycles. The zero-order valence-corrected chi connectivity index (χ0v) is 15.3. The van der Waals surface area contributed by atoms with Crippen molar-refractivity contribution in [3.63, 3.8) is 0 Å². The minimum Gasteiger partial charge on any atom is -0.462 e. The van der Waals surface area contributed by atoms with Crippen molar-refractivity contribution in [3.8, 4) is 5.75 Å². The van der Waals surface area contributed by atoms with Crippen LogP contribution in [-0.2, 0) is 19.3 Å². The molecule has 1 fully saturated rings. The van der Waals surface area contributed by atoms with Crippen molar-refractivity contribution in [3.05, 3.63) is 40.2 Å². The van der Waals surface area contributed by atoms with Crippen LogP contribution in [0.1, 0.15) is 5.56 Å². The van der Waals surface area contributed by atoms with Crippen LogP contribution in [0.25, 0.3) is 11.0 Å². The molecule has 5 atom stereocenters. The molecule has 0 spiro atoms. The number of ether oxygens (including phenoxy) is 2. The zero-order chi connectivity index (χ0) is 20.6. The number of aryl methyl sites for hydroxylation is 1. The van der Waals surface area contributed by atoms with Gasteiger partial charge >= 0.3 is 16.0 Å². The van der Waals surface area contributed by atoms with Crippen LogP contribution in [-0.4, -0.2) is 65.6 Å². The van der Waals surface area contributed by atoms with E-state index in [0.29, 0.717) is 10.9 Å². The van der Waals surface area contributed by atoms with Gasteiger partial charge in [0.1, 0.15) is 35.7 Å². The van der Waals surface area contributed by atoms with Crippen LogP contribution < -0.4 is 10.4 Å². The van der Waals surface area contributed by atoms with E-state index in [2.05, 4.69) is 4.18 Å². The molecule has 2 heterocycles. The first-order valence-corrected chi connectivity index (χ1v) is 9.44. The molecule has 0 bridgehead atoms. The molecule has 12 heteroatoms. The van der Waals surface area contributed by atoms with Gasteiger partial charge in [-0.2, -0.15) is 8.42 Å². The normalized spacial score (nSPS) is 28.4. The number of fused-ring (bicyclic) bond motifs is 1. The third-order valence-corrected chi connectivity index (χ3v) is 4.66. The van der Waals surface area contributed by atoms with E-state index in [-0.39, 0.29) is 11.3 Å². The van der Waals surface area contributed by atoms with Crippen LogP contribution in [0.2, 0.25) is 0 Å². The molecule has 1 aromatic heterocycles. The highest BCUT2D eigenvalue weighted by Gasteiger charge is 2.45. The molecule has 1 aliphatic heterocycles. The molecule has 28 heavy (non-hydrogen) atoms. The first-order chi connectivity index (χ1) is 13.0. The molecule has 2 aromatic rings. The third-order valence-electron chi connectivity index (χ3n) is 4.22. The van der Waals surface area contributed by atoms with Gasteiger partial charge in [0.15, 0.2) is 0 Å². The van der Waals surface area contributed by atoms with Crippen molar-refractivity contribution >= 4 is 21.4 Å². The lowest BCUT2D eigenvalue weighted by Crippen LogP contribution is -2.60. The zero-order valence-electron chi connectivity index (χ0n) is 14.5. The molecule has 11 nitrogen and oxygen atoms in total. The van der Waals surface area contributed by atoms with Crippen molar-refractivity contribution in [2.24, 2.45) is 0 Å². The second kappa shape index (κ2) is 7.75. The number of aliphatic hydroxyl groups is 3. The third kappa shape index (κ3) is 4.50. The minimum atomic E-state index is -4.80. The summed E-state index contributed by atoms with van der Waals surface area (Å²) in [7, 11) is -4.80. The number of benzene rings is 1. The van der Waals surface area contributed by atoms with E-state index in [1.807, 2.05) is 0 Å². The molecule has 0 radical (unpaired) electrons. The van der Waals surface area contributed by atoms with Gasteiger partial charge < -0.3 is 29.2 Å². The van der Waals surface area contributed by atoms with Gasteiger partial charge in [0.25, 0.3) is 0 Å². The summed E-state index contributed by atoms with van der Waals surface area (Å²) in [5.41, 5.74) is 0.351. The van der Waals surface area contributed by atoms with Crippen LogP contribution in [0, 0.1) is 6.92 Å². The smallest absolute Gasteiger partial charge is 0.397 e. The minimum absolute atomic E-state index is 0.114. The standard InChI is InChI=1S/C16H18O11S/c1-7-4-12(17)26-10-5-8(2-3-9(7)10)25-16-15(20)14(19)13(18)11(27-16)6-24-28(21,22)23/h2-5,11,13-16,18-20H,6H2,1H3,(H,21,22,23)/t11-,13+,14+,15+,16-/m0/s1. The van der Waals surface area contributed by atoms with Crippen LogP contribution in [0.15, 0.2) is 33.5 Å². The largest absolute Gasteiger partial charge is 0.462 e. The number of rotatable bonds is 5. The van der Waals surface area contributed by atoms with E-state index in [1.54, 1.807) is 13.0 Å². The van der Waals surface area contributed by atoms with Crippen LogP contribution in [0.4, 0.5) is 0 Å². The van der Waals surface area contributed by atoms with Crippen molar-refractivity contribution in [2.45, 2.75) is 37.6 Å². The molecule has 1 saturated heterocycles. The van der Waals surface area contributed by atoms with Crippen LogP contribution in [0.3, 0.4) is 0 Å². The van der Waals surface area contributed by atoms with Gasteiger partial charge in [0.2, 0.25) is 6.29 Å². The van der Waals surface area contributed by atoms with Crippen molar-refractivity contribution in [1.29, 1.82) is 0 Å². The summed E-state index contributed by atoms with van der Waals surface area (Å²) in [6.07, 6.45) is -8.06. The lowest BCUT2D eigenvalue weighted by Gasteiger charge is -2.39. The van der Waals surface area contributed by atoms with E-state index >= 15 is 0 Å². The van der Waals surface area contributed by atoms with Crippen molar-refractivity contribution < 1.29 is 46.4 Å². The molecular weight excluding hydrogens is 400 g/mol. The Bertz CT molecular complexity index is 1010. The van der Waals surface area contributed by atoms with E-state index < -0.39 is 53.3 Å². The lowest BCUT2D eigenvalue weighted by atomic mass is 9.99. The maximum atomic E-state index is 11.5. The van der Waals surface area contributed by atoms with Gasteiger partial charge in [-0.05, 0) is 24.6 Å². The highest BCUT2D eigenvalue weighted by Crippen LogP contribution is 2.27. The summed E-state index contributed by atoms with van der Waals surface area (Å²) in [4.78, 5) is 11.5. The summed E-state index contributed by atoms with van der Waals surface area (Å²) in [6, 6.07) is 5.82. The van der Waals surface area contributed by atoms with E-state index in [4.69, 9.17) is 18.4 Å². The average molecular weight is 418 g/mol. The molecule has 3 rings (SSSR count). The fourth-order valence-electron chi connectivity index (χ4n) is 2.82. The fourth-order valence-corrected chi connectivity index (χ4v) is 3.12. The Morgan fingerprint density at radius 2 is 1.82 bits per heavy atom. The highest BCUT2D eigenvalue weighted by atomic mass is 32.3. The van der Waals surface area contributed by atoms with E-state index in [0.717, 1.165) is 0 Å². The number of hydrogen-bond acceptors (Lipinski definition) is 10. The molecular formula is C16H18O11S. The summed E-state index contributed by atoms with van der Waals surface area (Å²) in [5, 5.41) is 30.6. The van der Waals surface area contributed by atoms with Gasteiger partial charge in [0, 0.05) is 17.5 Å². The van der Waals surface area contributed by atoms with Gasteiger partial charge in [0.05, 0.1) is 6.61 Å². The van der Waals surface area contributed by atoms with Gasteiger partial charge in [-0.1, -0.05) is 0 Å². The van der Waals surface area contributed by atoms with Crippen LogP contribution in [0.5, 0.6) is 5.75 Å². The molecule has 0 unspecified atom stereocenters. The molecule has 1 aliphatic rings. The Labute approximate surface area is 158 Å². The Morgan fingerprint density at radius 1 is 1.11 bits per heavy atom. The molecule has 0 aliphatic carbocycles. The van der Waals surface area contributed by atoms with Gasteiger partial charge in [-0.3, -0.25) is 4.55 Å². The summed E-state index contributed by atoms with van der Waals surface area (Å²) in [6.45, 7) is 0.904. The Kier molecular flexibility index (Phi) is 5.72. The second-order valence-corrected chi connectivity index (χ2v) is 7.34. The van der Waals surface area contributed by atoms with Crippen molar-refractivity contribution in [2.75, 3.05) is 6.61 Å². The monoisotopic (exact) mass is 418 g/mol. The first kappa shape index (κ1) is 20.7. The van der Waals surface area contributed by atoms with E-state index in [1.165, 1.54) is 18.2 Å². The topological polar surface area (TPSA) is 173 Å². The summed E-state index contributed by atoms with van der Waals surface area (Å²) >= 11 is 0. The summed E-state index contributed by atoms with van der Waals surface area (Å²) < 4.78 is 50.0. The van der Waals surface area contributed by atoms with Crippen LogP contribution >= 0.6 is 0 Å². The predicted octanol–water partition coefficient (Wildman–Crippen LogP) is -0.893. The quantitative estimate of drug-likeness (QED) is 0.350. The molecule has 4 N–H and O–H groups in total. The number of hydrogen-bond donors (Lipinski definition) is 4. The Hall–Kier alpha value is -2.06. The van der Waals surface area contributed by atoms with Gasteiger partial charge in [-0.25, -0.2) is 8.98 Å². The SMILES string of the molecule is Cc1cc(=O)oc2cc(O[C@H]3O[C@@H](COS(=O)(=O)O)[C@@H](O)[C@@H](O)[C@H]3O)ccc12. The first-order valence-electron chi connectivity index (χ1n) is 8.08. The predicted molar refractivity (Wildman–Crippen MR) is 92.0 cm³/mol. The average Bonchev–Trinajstić information content (AvgIpc) is 2.60. The van der Waals surface area contributed by atoms with Crippen molar-refractivity contribution in [1.82, 2.24) is 0 Å². The lowest BCUT2D eigenvalue weighted by molar-refractivity contribution is -0.276. The maximum absolute atomic E-state index is 11.5. The number of aliphatic hydroxyl groups excluding tert-OH is 3. The summed E-state index contributed by atoms with van der Waals surface area (Å²) in [5.74, 6) is 0.114. The second-order valence-electron chi connectivity index (χ2n) is 6.25. The fraction of sp³-hybridized carbons (Fsp3) is 0.438. The van der Waals surface area contributed by atoms with E-state index in [9.17, 15) is 28.5 Å².